The van der Waals surface area contributed by atoms with E-state index < -0.39 is 0 Å². The number of nitrogens with one attached hydrogen (secondary N) is 1. The summed E-state index contributed by atoms with van der Waals surface area (Å²) in [5.74, 6) is -0.265. The molecule has 2 aromatic rings. The summed E-state index contributed by atoms with van der Waals surface area (Å²) in [5, 5.41) is 3.63. The van der Waals surface area contributed by atoms with Gasteiger partial charge in [-0.1, -0.05) is 6.07 Å². The number of thiophene rings is 1. The number of morpholine rings is 1. The second kappa shape index (κ2) is 7.78. The fourth-order valence-electron chi connectivity index (χ4n) is 3.64. The highest BCUT2D eigenvalue weighted by molar-refractivity contribution is 7.17. The summed E-state index contributed by atoms with van der Waals surface area (Å²) in [6, 6.07) is 5.36. The van der Waals surface area contributed by atoms with Crippen molar-refractivity contribution in [3.8, 4) is 0 Å². The largest absolute Gasteiger partial charge is 0.378 e. The van der Waals surface area contributed by atoms with Gasteiger partial charge in [-0.3, -0.25) is 9.59 Å². The molecule has 1 N–H and O–H groups in total. The van der Waals surface area contributed by atoms with Crippen molar-refractivity contribution >= 4 is 28.2 Å². The van der Waals surface area contributed by atoms with Gasteiger partial charge in [0.05, 0.1) is 18.8 Å². The van der Waals surface area contributed by atoms with Gasteiger partial charge < -0.3 is 15.0 Å². The van der Waals surface area contributed by atoms with Crippen molar-refractivity contribution < 1.29 is 14.3 Å². The molecule has 2 amide bonds. The lowest BCUT2D eigenvalue weighted by molar-refractivity contribution is 0.0303. The molecule has 0 unspecified atom stereocenters. The van der Waals surface area contributed by atoms with E-state index in [4.69, 9.17) is 4.74 Å². The molecule has 1 saturated heterocycles. The van der Waals surface area contributed by atoms with Gasteiger partial charge in [-0.2, -0.15) is 0 Å². The Bertz CT molecular complexity index is 871. The summed E-state index contributed by atoms with van der Waals surface area (Å²) < 4.78 is 5.37. The van der Waals surface area contributed by atoms with E-state index in [1.165, 1.54) is 4.88 Å². The molecule has 6 nitrogen and oxygen atoms in total. The SMILES string of the molecule is Cc1cccc(C(=O)Nc2sc3c(c2C(=O)N2CCOCC2)CCCC3)n1. The minimum Gasteiger partial charge on any atom is -0.378 e. The maximum Gasteiger partial charge on any atom is 0.274 e. The number of anilines is 1. The van der Waals surface area contributed by atoms with E-state index in [0.717, 1.165) is 36.9 Å². The Hall–Kier alpha value is -2.25. The van der Waals surface area contributed by atoms with Crippen molar-refractivity contribution in [3.05, 3.63) is 45.6 Å². The third-order valence-electron chi connectivity index (χ3n) is 5.03. The molecule has 1 aliphatic carbocycles. The molecule has 0 saturated carbocycles. The van der Waals surface area contributed by atoms with Gasteiger partial charge in [0, 0.05) is 23.7 Å². The van der Waals surface area contributed by atoms with Gasteiger partial charge in [0.25, 0.3) is 11.8 Å². The lowest BCUT2D eigenvalue weighted by atomic mass is 9.95. The lowest BCUT2D eigenvalue weighted by Crippen LogP contribution is -2.41. The van der Waals surface area contributed by atoms with Crippen LogP contribution in [0.1, 0.15) is 49.8 Å². The second-order valence-electron chi connectivity index (χ2n) is 6.94. The first kappa shape index (κ1) is 18.1. The van der Waals surface area contributed by atoms with Gasteiger partial charge in [-0.15, -0.1) is 11.3 Å². The Kier molecular flexibility index (Phi) is 5.22. The first-order valence-corrected chi connectivity index (χ1v) is 10.2. The third-order valence-corrected chi connectivity index (χ3v) is 6.24. The molecule has 27 heavy (non-hydrogen) atoms. The first-order chi connectivity index (χ1) is 13.1. The predicted molar refractivity (Wildman–Crippen MR) is 105 cm³/mol. The van der Waals surface area contributed by atoms with Crippen molar-refractivity contribution in [2.45, 2.75) is 32.6 Å². The van der Waals surface area contributed by atoms with Crippen LogP contribution in [0.2, 0.25) is 0 Å². The molecular weight excluding hydrogens is 362 g/mol. The zero-order valence-corrected chi connectivity index (χ0v) is 16.2. The van der Waals surface area contributed by atoms with Crippen molar-refractivity contribution in [1.29, 1.82) is 0 Å². The summed E-state index contributed by atoms with van der Waals surface area (Å²) in [5.41, 5.74) is 2.96. The number of hydrogen-bond donors (Lipinski definition) is 1. The smallest absolute Gasteiger partial charge is 0.274 e. The molecule has 2 aromatic heterocycles. The van der Waals surface area contributed by atoms with E-state index >= 15 is 0 Å². The number of amides is 2. The number of carbonyl (C=O) groups excluding carboxylic acids is 2. The molecule has 0 spiro atoms. The van der Waals surface area contributed by atoms with Crippen LogP contribution >= 0.6 is 11.3 Å². The Labute approximate surface area is 162 Å². The van der Waals surface area contributed by atoms with Crippen LogP contribution in [0.25, 0.3) is 0 Å². The lowest BCUT2D eigenvalue weighted by Gasteiger charge is -2.27. The normalized spacial score (nSPS) is 16.7. The van der Waals surface area contributed by atoms with E-state index in [1.807, 2.05) is 24.0 Å². The molecule has 0 atom stereocenters. The zero-order chi connectivity index (χ0) is 18.8. The number of pyridine rings is 1. The number of aryl methyl sites for hydroxylation is 2. The van der Waals surface area contributed by atoms with Gasteiger partial charge in [0.2, 0.25) is 0 Å². The van der Waals surface area contributed by atoms with Gasteiger partial charge >= 0.3 is 0 Å². The monoisotopic (exact) mass is 385 g/mol. The molecule has 3 heterocycles. The Morgan fingerprint density at radius 3 is 2.74 bits per heavy atom. The summed E-state index contributed by atoms with van der Waals surface area (Å²) in [6.45, 7) is 4.17. The van der Waals surface area contributed by atoms with E-state index in [-0.39, 0.29) is 11.8 Å². The molecule has 0 aromatic carbocycles. The highest BCUT2D eigenvalue weighted by Gasteiger charge is 2.30. The number of rotatable bonds is 3. The average Bonchev–Trinajstić information content (AvgIpc) is 3.06. The molecule has 1 aliphatic heterocycles. The number of fused-ring (bicyclic) bond motifs is 1. The minimum absolute atomic E-state index is 0.00482. The Morgan fingerprint density at radius 2 is 1.96 bits per heavy atom. The number of nitrogens with zero attached hydrogens (tertiary/aromatic N) is 2. The highest BCUT2D eigenvalue weighted by Crippen LogP contribution is 2.39. The third kappa shape index (κ3) is 3.75. The Morgan fingerprint density at radius 1 is 1.19 bits per heavy atom. The van der Waals surface area contributed by atoms with E-state index in [9.17, 15) is 9.59 Å². The highest BCUT2D eigenvalue weighted by atomic mass is 32.1. The van der Waals surface area contributed by atoms with Crippen LogP contribution in [0.5, 0.6) is 0 Å². The van der Waals surface area contributed by atoms with Crippen molar-refractivity contribution in [2.24, 2.45) is 0 Å². The summed E-state index contributed by atoms with van der Waals surface area (Å²) in [6.07, 6.45) is 4.09. The van der Waals surface area contributed by atoms with Crippen molar-refractivity contribution in [3.63, 3.8) is 0 Å². The maximum atomic E-state index is 13.2. The number of aromatic nitrogens is 1. The number of ether oxygens (including phenoxy) is 1. The average molecular weight is 385 g/mol. The molecular formula is C20H23N3O3S. The van der Waals surface area contributed by atoms with Crippen LogP contribution in [0.4, 0.5) is 5.00 Å². The van der Waals surface area contributed by atoms with Crippen LogP contribution in [0.3, 0.4) is 0 Å². The van der Waals surface area contributed by atoms with Gasteiger partial charge in [-0.05, 0) is 50.3 Å². The minimum atomic E-state index is -0.270. The van der Waals surface area contributed by atoms with Crippen LogP contribution in [-0.2, 0) is 17.6 Å². The Balaban J connectivity index is 1.66. The standard InChI is InChI=1S/C20H23N3O3S/c1-13-5-4-7-15(21-13)18(24)22-19-17(14-6-2-3-8-16(14)27-19)20(25)23-9-11-26-12-10-23/h4-5,7H,2-3,6,8-12H2,1H3,(H,22,24). The van der Waals surface area contributed by atoms with Gasteiger partial charge in [0.1, 0.15) is 10.7 Å². The number of carbonyl (C=O) groups is 2. The molecule has 7 heteroatoms. The summed E-state index contributed by atoms with van der Waals surface area (Å²) in [4.78, 5) is 33.3. The van der Waals surface area contributed by atoms with Crippen LogP contribution in [-0.4, -0.2) is 48.0 Å². The van der Waals surface area contributed by atoms with Crippen molar-refractivity contribution in [2.75, 3.05) is 31.6 Å². The molecule has 0 radical (unpaired) electrons. The van der Waals surface area contributed by atoms with Gasteiger partial charge in [0.15, 0.2) is 0 Å². The summed E-state index contributed by atoms with van der Waals surface area (Å²) >= 11 is 1.54. The van der Waals surface area contributed by atoms with Gasteiger partial charge in [-0.25, -0.2) is 4.98 Å². The van der Waals surface area contributed by atoms with Crippen LogP contribution in [0.15, 0.2) is 18.2 Å². The maximum absolute atomic E-state index is 13.2. The molecule has 0 bridgehead atoms. The molecule has 2 aliphatic rings. The van der Waals surface area contributed by atoms with E-state index in [2.05, 4.69) is 10.3 Å². The molecule has 142 valence electrons. The first-order valence-electron chi connectivity index (χ1n) is 9.40. The molecule has 4 rings (SSSR count). The topological polar surface area (TPSA) is 71.5 Å². The fourth-order valence-corrected chi connectivity index (χ4v) is 4.92. The van der Waals surface area contributed by atoms with Crippen LogP contribution in [0, 0.1) is 6.92 Å². The molecule has 1 fully saturated rings. The summed E-state index contributed by atoms with van der Waals surface area (Å²) in [7, 11) is 0. The quantitative estimate of drug-likeness (QED) is 0.881. The van der Waals surface area contributed by atoms with E-state index in [1.54, 1.807) is 17.4 Å². The van der Waals surface area contributed by atoms with E-state index in [0.29, 0.717) is 42.6 Å². The number of hydrogen-bond acceptors (Lipinski definition) is 5. The predicted octanol–water partition coefficient (Wildman–Crippen LogP) is 3.06. The fraction of sp³-hybridized carbons (Fsp3) is 0.450. The zero-order valence-electron chi connectivity index (χ0n) is 15.4. The van der Waals surface area contributed by atoms with Crippen LogP contribution < -0.4 is 5.32 Å². The van der Waals surface area contributed by atoms with Crippen molar-refractivity contribution in [1.82, 2.24) is 9.88 Å². The second-order valence-corrected chi connectivity index (χ2v) is 8.04.